The van der Waals surface area contributed by atoms with Crippen LogP contribution in [0.2, 0.25) is 5.02 Å². The Hall–Kier alpha value is -5.17. The first-order valence-electron chi connectivity index (χ1n) is 11.9. The molecule has 0 spiro atoms. The van der Waals surface area contributed by atoms with E-state index in [2.05, 4.69) is 46.4 Å². The van der Waals surface area contributed by atoms with Gasteiger partial charge in [0.1, 0.15) is 6.33 Å². The predicted molar refractivity (Wildman–Crippen MR) is 146 cm³/mol. The van der Waals surface area contributed by atoms with Gasteiger partial charge in [-0.3, -0.25) is 14.9 Å². The van der Waals surface area contributed by atoms with Crippen LogP contribution in [-0.2, 0) is 14.3 Å². The number of benzene rings is 2. The van der Waals surface area contributed by atoms with Gasteiger partial charge in [-0.1, -0.05) is 23.7 Å². The highest BCUT2D eigenvalue weighted by Crippen LogP contribution is 2.24. The third kappa shape index (κ3) is 7.23. The van der Waals surface area contributed by atoms with Gasteiger partial charge in [-0.05, 0) is 58.5 Å². The molecule has 4 aromatic rings. The summed E-state index contributed by atoms with van der Waals surface area (Å²) in [6, 6.07) is 13.0. The van der Waals surface area contributed by atoms with Gasteiger partial charge in [0.15, 0.2) is 0 Å². The van der Waals surface area contributed by atoms with Crippen LogP contribution in [-0.4, -0.2) is 62.5 Å². The highest BCUT2D eigenvalue weighted by molar-refractivity contribution is 6.30. The summed E-state index contributed by atoms with van der Waals surface area (Å²) in [7, 11) is 2.79. The molecule has 2 heterocycles. The number of anilines is 1. The summed E-state index contributed by atoms with van der Waals surface area (Å²) in [6.45, 7) is 0. The second kappa shape index (κ2) is 13.1. The minimum Gasteiger partial charge on any atom is -0.453 e. The second-order valence-corrected chi connectivity index (χ2v) is 8.73. The Morgan fingerprint density at radius 3 is 2.60 bits per heavy atom. The first-order valence-corrected chi connectivity index (χ1v) is 12.2. The van der Waals surface area contributed by atoms with Gasteiger partial charge in [0.25, 0.3) is 0 Å². The van der Waals surface area contributed by atoms with Crippen LogP contribution in [0.1, 0.15) is 23.6 Å². The molecule has 3 amide bonds. The summed E-state index contributed by atoms with van der Waals surface area (Å²) in [6.07, 6.45) is 5.21. The number of carbonyl (C=O) groups is 3. The van der Waals surface area contributed by atoms with E-state index in [9.17, 15) is 14.4 Å². The van der Waals surface area contributed by atoms with Crippen LogP contribution < -0.4 is 16.0 Å². The number of nitrogens with zero attached hydrogens (tertiary/aromatic N) is 6. The lowest BCUT2D eigenvalue weighted by molar-refractivity contribution is -0.121. The lowest BCUT2D eigenvalue weighted by Gasteiger charge is -2.18. The molecule has 2 aromatic heterocycles. The Labute approximate surface area is 233 Å². The van der Waals surface area contributed by atoms with Crippen molar-refractivity contribution in [1.29, 1.82) is 0 Å². The van der Waals surface area contributed by atoms with Gasteiger partial charge in [-0.2, -0.15) is 14.9 Å². The van der Waals surface area contributed by atoms with E-state index in [1.54, 1.807) is 54.6 Å². The number of nitrogens with one attached hydrogen (secondary N) is 3. The Balaban J connectivity index is 1.55. The number of halogens is 1. The first kappa shape index (κ1) is 27.9. The standard InChI is InChI=1S/C26H24ClN9O4/c1-28-25(38)13-21(18-12-22(33-29-14-18)16-3-7-20(8-4-16)31-26(39)40-2)32-24(37)10-5-17-11-19(27)6-9-23(17)36-15-30-34-35-36/h3-12,14-15,21H,13H2,1-2H3,(H,28,38)(H,31,39)(H,32,37). The zero-order chi connectivity index (χ0) is 28.5. The van der Waals surface area contributed by atoms with Gasteiger partial charge in [-0.15, -0.1) is 5.10 Å². The van der Waals surface area contributed by atoms with Gasteiger partial charge in [0, 0.05) is 35.0 Å². The van der Waals surface area contributed by atoms with Crippen molar-refractivity contribution in [2.45, 2.75) is 12.5 Å². The average Bonchev–Trinajstić information content (AvgIpc) is 3.51. The quantitative estimate of drug-likeness (QED) is 0.260. The molecule has 0 bridgehead atoms. The summed E-state index contributed by atoms with van der Waals surface area (Å²) in [4.78, 5) is 36.7. The lowest BCUT2D eigenvalue weighted by atomic mass is 10.0. The number of hydrogen-bond donors (Lipinski definition) is 3. The van der Waals surface area contributed by atoms with Crippen molar-refractivity contribution >= 4 is 41.3 Å². The van der Waals surface area contributed by atoms with Gasteiger partial charge < -0.3 is 15.4 Å². The number of methoxy groups -OCH3 is 1. The van der Waals surface area contributed by atoms with Crippen molar-refractivity contribution in [3.05, 3.63) is 83.3 Å². The Morgan fingerprint density at radius 2 is 1.90 bits per heavy atom. The fourth-order valence-electron chi connectivity index (χ4n) is 3.67. The van der Waals surface area contributed by atoms with E-state index < -0.39 is 18.0 Å². The molecule has 0 saturated carbocycles. The number of hydrogen-bond acceptors (Lipinski definition) is 9. The Bertz CT molecular complexity index is 1530. The molecule has 14 heteroatoms. The van der Waals surface area contributed by atoms with Crippen LogP contribution in [0.15, 0.2) is 67.1 Å². The maximum Gasteiger partial charge on any atom is 0.411 e. The number of amides is 3. The zero-order valence-corrected chi connectivity index (χ0v) is 22.2. The van der Waals surface area contributed by atoms with Crippen molar-refractivity contribution in [3.63, 3.8) is 0 Å². The van der Waals surface area contributed by atoms with Crippen molar-refractivity contribution in [1.82, 2.24) is 41.0 Å². The fraction of sp³-hybridized carbons (Fsp3) is 0.154. The van der Waals surface area contributed by atoms with E-state index >= 15 is 0 Å². The van der Waals surface area contributed by atoms with Crippen LogP contribution in [0.25, 0.3) is 23.0 Å². The molecule has 2 aromatic carbocycles. The normalized spacial score (nSPS) is 11.6. The minimum atomic E-state index is -0.704. The largest absolute Gasteiger partial charge is 0.453 e. The van der Waals surface area contributed by atoms with Gasteiger partial charge in [-0.25, -0.2) is 4.79 Å². The molecule has 0 aliphatic rings. The molecule has 40 heavy (non-hydrogen) atoms. The monoisotopic (exact) mass is 561 g/mol. The highest BCUT2D eigenvalue weighted by atomic mass is 35.5. The molecule has 0 aliphatic heterocycles. The molecule has 13 nitrogen and oxygen atoms in total. The molecule has 1 unspecified atom stereocenters. The van der Waals surface area contributed by atoms with Crippen molar-refractivity contribution < 1.29 is 19.1 Å². The third-order valence-electron chi connectivity index (χ3n) is 5.68. The average molecular weight is 562 g/mol. The van der Waals surface area contributed by atoms with E-state index in [1.165, 1.54) is 37.4 Å². The molecular weight excluding hydrogens is 538 g/mol. The van der Waals surface area contributed by atoms with Crippen LogP contribution in [0.3, 0.4) is 0 Å². The van der Waals surface area contributed by atoms with E-state index in [0.29, 0.717) is 38.8 Å². The number of tetrazole rings is 1. The van der Waals surface area contributed by atoms with E-state index in [4.69, 9.17) is 11.6 Å². The van der Waals surface area contributed by atoms with E-state index in [-0.39, 0.29) is 12.3 Å². The molecule has 0 aliphatic carbocycles. The van der Waals surface area contributed by atoms with Gasteiger partial charge >= 0.3 is 6.09 Å². The van der Waals surface area contributed by atoms with Crippen molar-refractivity contribution in [2.24, 2.45) is 0 Å². The van der Waals surface area contributed by atoms with Gasteiger partial charge in [0.05, 0.1) is 37.2 Å². The van der Waals surface area contributed by atoms with Crippen molar-refractivity contribution in [3.8, 4) is 16.9 Å². The number of carbonyl (C=O) groups excluding carboxylic acids is 3. The number of rotatable bonds is 9. The Kier molecular flexibility index (Phi) is 9.10. The van der Waals surface area contributed by atoms with Crippen LogP contribution in [0.4, 0.5) is 10.5 Å². The second-order valence-electron chi connectivity index (χ2n) is 8.30. The van der Waals surface area contributed by atoms with Crippen LogP contribution in [0, 0.1) is 0 Å². The summed E-state index contributed by atoms with van der Waals surface area (Å²) in [5, 5.41) is 27.9. The molecule has 204 valence electrons. The molecule has 0 saturated heterocycles. The maximum atomic E-state index is 13.0. The molecule has 3 N–H and O–H groups in total. The van der Waals surface area contributed by atoms with E-state index in [0.717, 1.165) is 0 Å². The highest BCUT2D eigenvalue weighted by Gasteiger charge is 2.19. The summed E-state index contributed by atoms with van der Waals surface area (Å²) in [5.74, 6) is -0.727. The van der Waals surface area contributed by atoms with Crippen LogP contribution in [0.5, 0.6) is 0 Å². The number of ether oxygens (including phenoxy) is 1. The van der Waals surface area contributed by atoms with Gasteiger partial charge in [0.2, 0.25) is 11.8 Å². The Morgan fingerprint density at radius 1 is 1.10 bits per heavy atom. The fourth-order valence-corrected chi connectivity index (χ4v) is 3.85. The maximum absolute atomic E-state index is 13.0. The van der Waals surface area contributed by atoms with E-state index in [1.807, 2.05) is 0 Å². The van der Waals surface area contributed by atoms with Crippen LogP contribution >= 0.6 is 11.6 Å². The lowest BCUT2D eigenvalue weighted by Crippen LogP contribution is -2.32. The summed E-state index contributed by atoms with van der Waals surface area (Å²) < 4.78 is 6.04. The summed E-state index contributed by atoms with van der Waals surface area (Å²) >= 11 is 6.16. The zero-order valence-electron chi connectivity index (χ0n) is 21.4. The molecule has 1 atom stereocenters. The smallest absolute Gasteiger partial charge is 0.411 e. The van der Waals surface area contributed by atoms with Crippen molar-refractivity contribution in [2.75, 3.05) is 19.5 Å². The number of aromatic nitrogens is 6. The SMILES string of the molecule is CNC(=O)CC(NC(=O)C=Cc1cc(Cl)ccc1-n1cnnn1)c1cnnc(-c2ccc(NC(=O)OC)cc2)c1. The molecule has 0 radical (unpaired) electrons. The first-order chi connectivity index (χ1) is 19.4. The molecular formula is C26H24ClN9O4. The molecule has 4 rings (SSSR count). The third-order valence-corrected chi connectivity index (χ3v) is 5.91. The predicted octanol–water partition coefficient (Wildman–Crippen LogP) is 2.96. The molecule has 0 fully saturated rings. The topological polar surface area (TPSA) is 166 Å². The summed E-state index contributed by atoms with van der Waals surface area (Å²) in [5.41, 5.74) is 3.57. The minimum absolute atomic E-state index is 0.0315.